The van der Waals surface area contributed by atoms with Crippen LogP contribution in [0.3, 0.4) is 0 Å². The Morgan fingerprint density at radius 3 is 2.95 bits per heavy atom. The fraction of sp³-hybridized carbons (Fsp3) is 0.200. The van der Waals surface area contributed by atoms with E-state index in [4.69, 9.17) is 9.47 Å². The number of anilines is 1. The van der Waals surface area contributed by atoms with E-state index in [9.17, 15) is 4.79 Å². The molecule has 0 aliphatic carbocycles. The van der Waals surface area contributed by atoms with E-state index in [0.29, 0.717) is 5.75 Å². The molecule has 5 heteroatoms. The molecule has 0 saturated carbocycles. The highest BCUT2D eigenvalue weighted by Crippen LogP contribution is 2.32. The van der Waals surface area contributed by atoms with Gasteiger partial charge in [-0.2, -0.15) is 0 Å². The van der Waals surface area contributed by atoms with Crippen molar-refractivity contribution >= 4 is 11.6 Å². The molecular formula is C15H14N2O3. The molecule has 0 radical (unpaired) electrons. The molecule has 1 aromatic heterocycles. The summed E-state index contributed by atoms with van der Waals surface area (Å²) in [7, 11) is 0. The molecule has 1 aromatic carbocycles. The fourth-order valence-electron chi connectivity index (χ4n) is 2.06. The number of carbonyl (C=O) groups is 1. The van der Waals surface area contributed by atoms with Gasteiger partial charge in [-0.15, -0.1) is 0 Å². The molecule has 1 amide bonds. The van der Waals surface area contributed by atoms with Crippen molar-refractivity contribution in [3.8, 4) is 11.5 Å². The topological polar surface area (TPSA) is 60.5 Å². The first kappa shape index (κ1) is 12.5. The number of amides is 1. The van der Waals surface area contributed by atoms with E-state index in [-0.39, 0.29) is 19.1 Å². The number of hydrogen-bond acceptors (Lipinski definition) is 4. The van der Waals surface area contributed by atoms with Crippen molar-refractivity contribution in [2.45, 2.75) is 13.3 Å². The number of rotatable bonds is 3. The van der Waals surface area contributed by atoms with E-state index in [1.165, 1.54) is 0 Å². The van der Waals surface area contributed by atoms with Gasteiger partial charge in [0, 0.05) is 17.6 Å². The van der Waals surface area contributed by atoms with Crippen molar-refractivity contribution in [3.63, 3.8) is 0 Å². The molecular weight excluding hydrogens is 256 g/mol. The highest BCUT2D eigenvalue weighted by atomic mass is 16.7. The van der Waals surface area contributed by atoms with Crippen LogP contribution in [0.4, 0.5) is 5.69 Å². The number of fused-ring (bicyclic) bond motifs is 1. The number of benzene rings is 1. The third-order valence-electron chi connectivity index (χ3n) is 2.98. The average molecular weight is 270 g/mol. The highest BCUT2D eigenvalue weighted by molar-refractivity contribution is 5.92. The number of hydrogen-bond donors (Lipinski definition) is 1. The van der Waals surface area contributed by atoms with Crippen LogP contribution in [0.15, 0.2) is 36.5 Å². The summed E-state index contributed by atoms with van der Waals surface area (Å²) >= 11 is 0. The lowest BCUT2D eigenvalue weighted by molar-refractivity contribution is -0.115. The molecule has 0 unspecified atom stereocenters. The summed E-state index contributed by atoms with van der Waals surface area (Å²) < 4.78 is 10.5. The zero-order valence-corrected chi connectivity index (χ0v) is 11.1. The normalized spacial score (nSPS) is 12.2. The minimum atomic E-state index is -0.0746. The van der Waals surface area contributed by atoms with Gasteiger partial charge in [0.1, 0.15) is 0 Å². The van der Waals surface area contributed by atoms with Crippen LogP contribution < -0.4 is 14.8 Å². The molecule has 20 heavy (non-hydrogen) atoms. The SMILES string of the molecule is Cc1cc(NC(=O)Cc2ccc3c(c2)OCO3)ccn1. The first-order valence-electron chi connectivity index (χ1n) is 6.32. The van der Waals surface area contributed by atoms with Gasteiger partial charge in [-0.3, -0.25) is 9.78 Å². The lowest BCUT2D eigenvalue weighted by atomic mass is 10.1. The summed E-state index contributed by atoms with van der Waals surface area (Å²) in [6, 6.07) is 9.12. The second-order valence-corrected chi connectivity index (χ2v) is 4.60. The lowest BCUT2D eigenvalue weighted by Gasteiger charge is -2.06. The standard InChI is InChI=1S/C15H14N2O3/c1-10-6-12(4-5-16-10)17-15(18)8-11-2-3-13-14(7-11)20-9-19-13/h2-7H,8-9H2,1H3,(H,16,17,18). The molecule has 2 aromatic rings. The maximum atomic E-state index is 12.0. The monoisotopic (exact) mass is 270 g/mol. The van der Waals surface area contributed by atoms with Gasteiger partial charge >= 0.3 is 0 Å². The summed E-state index contributed by atoms with van der Waals surface area (Å²) in [5.41, 5.74) is 2.51. The Morgan fingerprint density at radius 2 is 2.10 bits per heavy atom. The van der Waals surface area contributed by atoms with Crippen LogP contribution in [0.2, 0.25) is 0 Å². The summed E-state index contributed by atoms with van der Waals surface area (Å²) in [6.07, 6.45) is 1.96. The lowest BCUT2D eigenvalue weighted by Crippen LogP contribution is -2.14. The largest absolute Gasteiger partial charge is 0.454 e. The van der Waals surface area contributed by atoms with Crippen LogP contribution in [0.1, 0.15) is 11.3 Å². The van der Waals surface area contributed by atoms with Gasteiger partial charge in [0.15, 0.2) is 11.5 Å². The van der Waals surface area contributed by atoms with E-state index in [1.807, 2.05) is 31.2 Å². The number of nitrogens with one attached hydrogen (secondary N) is 1. The quantitative estimate of drug-likeness (QED) is 0.929. The van der Waals surface area contributed by atoms with Crippen molar-refractivity contribution in [2.24, 2.45) is 0 Å². The van der Waals surface area contributed by atoms with E-state index in [1.54, 1.807) is 12.3 Å². The number of nitrogens with zero attached hydrogens (tertiary/aromatic N) is 1. The third-order valence-corrected chi connectivity index (χ3v) is 2.98. The molecule has 0 fully saturated rings. The zero-order valence-electron chi connectivity index (χ0n) is 11.1. The molecule has 3 rings (SSSR count). The van der Waals surface area contributed by atoms with Gasteiger partial charge in [-0.05, 0) is 36.8 Å². The highest BCUT2D eigenvalue weighted by Gasteiger charge is 2.14. The second kappa shape index (κ2) is 5.21. The molecule has 1 aliphatic heterocycles. The maximum Gasteiger partial charge on any atom is 0.231 e. The van der Waals surface area contributed by atoms with E-state index in [0.717, 1.165) is 22.7 Å². The molecule has 0 saturated heterocycles. The Morgan fingerprint density at radius 1 is 1.25 bits per heavy atom. The van der Waals surface area contributed by atoms with Crippen LogP contribution in [-0.2, 0) is 11.2 Å². The predicted molar refractivity (Wildman–Crippen MR) is 73.9 cm³/mol. The third kappa shape index (κ3) is 2.71. The molecule has 0 atom stereocenters. The minimum absolute atomic E-state index is 0.0746. The Balaban J connectivity index is 1.67. The Bertz CT molecular complexity index is 655. The van der Waals surface area contributed by atoms with Crippen molar-refractivity contribution in [1.82, 2.24) is 4.98 Å². The number of ether oxygens (including phenoxy) is 2. The maximum absolute atomic E-state index is 12.0. The smallest absolute Gasteiger partial charge is 0.231 e. The Hall–Kier alpha value is -2.56. The van der Waals surface area contributed by atoms with Gasteiger partial charge in [-0.25, -0.2) is 0 Å². The van der Waals surface area contributed by atoms with Crippen LogP contribution in [0.25, 0.3) is 0 Å². The zero-order chi connectivity index (χ0) is 13.9. The molecule has 102 valence electrons. The average Bonchev–Trinajstić information content (AvgIpc) is 2.86. The Kier molecular flexibility index (Phi) is 3.25. The predicted octanol–water partition coefficient (Wildman–Crippen LogP) is 2.30. The number of pyridine rings is 1. The van der Waals surface area contributed by atoms with Crippen molar-refractivity contribution < 1.29 is 14.3 Å². The summed E-state index contributed by atoms with van der Waals surface area (Å²) in [5, 5.41) is 2.85. The minimum Gasteiger partial charge on any atom is -0.454 e. The van der Waals surface area contributed by atoms with Crippen LogP contribution in [0, 0.1) is 6.92 Å². The van der Waals surface area contributed by atoms with Gasteiger partial charge in [0.2, 0.25) is 12.7 Å². The van der Waals surface area contributed by atoms with Gasteiger partial charge in [0.05, 0.1) is 6.42 Å². The summed E-state index contributed by atoms with van der Waals surface area (Å²) in [5.74, 6) is 1.34. The molecule has 5 nitrogen and oxygen atoms in total. The fourth-order valence-corrected chi connectivity index (χ4v) is 2.06. The first-order valence-corrected chi connectivity index (χ1v) is 6.32. The van der Waals surface area contributed by atoms with E-state index in [2.05, 4.69) is 10.3 Å². The van der Waals surface area contributed by atoms with E-state index < -0.39 is 0 Å². The van der Waals surface area contributed by atoms with Gasteiger partial charge < -0.3 is 14.8 Å². The van der Waals surface area contributed by atoms with Crippen LogP contribution in [-0.4, -0.2) is 17.7 Å². The summed E-state index contributed by atoms with van der Waals surface area (Å²) in [6.45, 7) is 2.12. The molecule has 0 bridgehead atoms. The molecule has 2 heterocycles. The van der Waals surface area contributed by atoms with Crippen LogP contribution in [0.5, 0.6) is 11.5 Å². The number of aryl methyl sites for hydroxylation is 1. The van der Waals surface area contributed by atoms with Crippen molar-refractivity contribution in [1.29, 1.82) is 0 Å². The van der Waals surface area contributed by atoms with Crippen molar-refractivity contribution in [2.75, 3.05) is 12.1 Å². The summed E-state index contributed by atoms with van der Waals surface area (Å²) in [4.78, 5) is 16.1. The number of aromatic nitrogens is 1. The van der Waals surface area contributed by atoms with Gasteiger partial charge in [-0.1, -0.05) is 6.07 Å². The van der Waals surface area contributed by atoms with E-state index >= 15 is 0 Å². The van der Waals surface area contributed by atoms with Crippen molar-refractivity contribution in [3.05, 3.63) is 47.8 Å². The molecule has 1 aliphatic rings. The number of carbonyl (C=O) groups excluding carboxylic acids is 1. The van der Waals surface area contributed by atoms with Gasteiger partial charge in [0.25, 0.3) is 0 Å². The first-order chi connectivity index (χ1) is 9.70. The Labute approximate surface area is 116 Å². The molecule has 0 spiro atoms. The van der Waals surface area contributed by atoms with Crippen LogP contribution >= 0.6 is 0 Å². The molecule has 1 N–H and O–H groups in total. The second-order valence-electron chi connectivity index (χ2n) is 4.60.